The number of ether oxygens (including phenoxy) is 2. The Balaban J connectivity index is 3.49. The maximum Gasteiger partial charge on any atom is 0.172 e. The van der Waals surface area contributed by atoms with Crippen LogP contribution in [0.5, 0.6) is 11.5 Å². The standard InChI is InChI=1S/C9H8BrFO3/c1-13-7-3-6(11)8(10)5(4-12)9(7)14-2/h3-4H,1-2H3. The topological polar surface area (TPSA) is 35.5 Å². The van der Waals surface area contributed by atoms with Crippen LogP contribution >= 0.6 is 15.9 Å². The van der Waals surface area contributed by atoms with E-state index in [-0.39, 0.29) is 21.5 Å². The van der Waals surface area contributed by atoms with Crippen molar-refractivity contribution in [2.24, 2.45) is 0 Å². The van der Waals surface area contributed by atoms with Gasteiger partial charge in [-0.05, 0) is 15.9 Å². The van der Waals surface area contributed by atoms with Crippen LogP contribution < -0.4 is 9.47 Å². The third kappa shape index (κ3) is 1.72. The second kappa shape index (κ2) is 4.41. The molecule has 0 atom stereocenters. The van der Waals surface area contributed by atoms with Crippen LogP contribution in [0.15, 0.2) is 10.5 Å². The fourth-order valence-corrected chi connectivity index (χ4v) is 1.46. The number of benzene rings is 1. The monoisotopic (exact) mass is 262 g/mol. The van der Waals surface area contributed by atoms with Gasteiger partial charge in [0.15, 0.2) is 17.8 Å². The Morgan fingerprint density at radius 1 is 1.43 bits per heavy atom. The van der Waals surface area contributed by atoms with Gasteiger partial charge in [0, 0.05) is 6.07 Å². The average molecular weight is 263 g/mol. The molecule has 0 heterocycles. The molecule has 0 amide bonds. The van der Waals surface area contributed by atoms with Crippen molar-refractivity contribution in [3.8, 4) is 11.5 Å². The Labute approximate surface area is 88.9 Å². The molecule has 0 bridgehead atoms. The summed E-state index contributed by atoms with van der Waals surface area (Å²) in [5.74, 6) is -0.157. The van der Waals surface area contributed by atoms with Crippen LogP contribution in [0.1, 0.15) is 10.4 Å². The molecular weight excluding hydrogens is 255 g/mol. The van der Waals surface area contributed by atoms with E-state index < -0.39 is 5.82 Å². The fourth-order valence-electron chi connectivity index (χ4n) is 1.07. The third-order valence-corrected chi connectivity index (χ3v) is 2.52. The summed E-state index contributed by atoms with van der Waals surface area (Å²) in [5.41, 5.74) is 0.101. The molecule has 0 aliphatic carbocycles. The van der Waals surface area contributed by atoms with Gasteiger partial charge in [0.05, 0.1) is 24.3 Å². The van der Waals surface area contributed by atoms with E-state index in [4.69, 9.17) is 9.47 Å². The summed E-state index contributed by atoms with van der Waals surface area (Å²) >= 11 is 2.95. The molecule has 0 unspecified atom stereocenters. The molecule has 1 aromatic carbocycles. The lowest BCUT2D eigenvalue weighted by Crippen LogP contribution is -1.98. The first-order chi connectivity index (χ1) is 6.65. The van der Waals surface area contributed by atoms with Gasteiger partial charge in [0.2, 0.25) is 0 Å². The summed E-state index contributed by atoms with van der Waals surface area (Å²) in [6.45, 7) is 0. The van der Waals surface area contributed by atoms with E-state index >= 15 is 0 Å². The number of hydrogen-bond donors (Lipinski definition) is 0. The number of halogens is 2. The highest BCUT2D eigenvalue weighted by atomic mass is 79.9. The van der Waals surface area contributed by atoms with Crippen LogP contribution in [-0.2, 0) is 0 Å². The normalized spacial score (nSPS) is 9.71. The predicted molar refractivity (Wildman–Crippen MR) is 52.6 cm³/mol. The Bertz CT molecular complexity index is 366. The minimum atomic E-state index is -0.565. The summed E-state index contributed by atoms with van der Waals surface area (Å²) in [6.07, 6.45) is 0.508. The molecule has 1 rings (SSSR count). The van der Waals surface area contributed by atoms with Crippen LogP contribution in [0.3, 0.4) is 0 Å². The maximum absolute atomic E-state index is 13.2. The van der Waals surface area contributed by atoms with Crippen molar-refractivity contribution in [1.82, 2.24) is 0 Å². The summed E-state index contributed by atoms with van der Waals surface area (Å²) in [6, 6.07) is 1.15. The Hall–Kier alpha value is -1.10. The summed E-state index contributed by atoms with van der Waals surface area (Å²) < 4.78 is 23.1. The summed E-state index contributed by atoms with van der Waals surface area (Å²) in [4.78, 5) is 10.7. The average Bonchev–Trinajstić information content (AvgIpc) is 2.20. The van der Waals surface area contributed by atoms with Gasteiger partial charge in [-0.2, -0.15) is 0 Å². The largest absolute Gasteiger partial charge is 0.493 e. The van der Waals surface area contributed by atoms with Gasteiger partial charge in [-0.15, -0.1) is 0 Å². The van der Waals surface area contributed by atoms with E-state index in [1.807, 2.05) is 0 Å². The Morgan fingerprint density at radius 3 is 2.50 bits per heavy atom. The van der Waals surface area contributed by atoms with Crippen molar-refractivity contribution < 1.29 is 18.7 Å². The molecule has 0 saturated carbocycles. The zero-order valence-corrected chi connectivity index (χ0v) is 9.22. The van der Waals surface area contributed by atoms with Crippen molar-refractivity contribution >= 4 is 22.2 Å². The number of hydrogen-bond acceptors (Lipinski definition) is 3. The van der Waals surface area contributed by atoms with Gasteiger partial charge in [-0.1, -0.05) is 0 Å². The molecule has 76 valence electrons. The first kappa shape index (κ1) is 11.0. The van der Waals surface area contributed by atoms with Gasteiger partial charge >= 0.3 is 0 Å². The van der Waals surface area contributed by atoms with Gasteiger partial charge in [0.1, 0.15) is 5.82 Å². The zero-order valence-electron chi connectivity index (χ0n) is 7.64. The zero-order chi connectivity index (χ0) is 10.7. The Kier molecular flexibility index (Phi) is 3.46. The SMILES string of the molecule is COc1cc(F)c(Br)c(C=O)c1OC. The van der Waals surface area contributed by atoms with E-state index in [2.05, 4.69) is 15.9 Å². The lowest BCUT2D eigenvalue weighted by Gasteiger charge is -2.11. The van der Waals surface area contributed by atoms with Crippen molar-refractivity contribution in [3.05, 3.63) is 21.9 Å². The van der Waals surface area contributed by atoms with Gasteiger partial charge < -0.3 is 9.47 Å². The van der Waals surface area contributed by atoms with Gasteiger partial charge in [0.25, 0.3) is 0 Å². The molecule has 0 N–H and O–H groups in total. The van der Waals surface area contributed by atoms with E-state index in [1.165, 1.54) is 14.2 Å². The molecule has 0 aliphatic heterocycles. The molecular formula is C9H8BrFO3. The first-order valence-electron chi connectivity index (χ1n) is 3.70. The molecule has 0 spiro atoms. The highest BCUT2D eigenvalue weighted by molar-refractivity contribution is 9.10. The Morgan fingerprint density at radius 2 is 2.07 bits per heavy atom. The minimum absolute atomic E-state index is 0.0742. The maximum atomic E-state index is 13.2. The second-order valence-electron chi connectivity index (χ2n) is 2.44. The van der Waals surface area contributed by atoms with E-state index in [0.717, 1.165) is 6.07 Å². The number of carbonyl (C=O) groups excluding carboxylic acids is 1. The molecule has 0 saturated heterocycles. The van der Waals surface area contributed by atoms with Crippen molar-refractivity contribution in [2.75, 3.05) is 14.2 Å². The molecule has 0 aromatic heterocycles. The lowest BCUT2D eigenvalue weighted by atomic mass is 10.2. The van der Waals surface area contributed by atoms with Crippen LogP contribution in [-0.4, -0.2) is 20.5 Å². The van der Waals surface area contributed by atoms with Crippen LogP contribution in [0.4, 0.5) is 4.39 Å². The highest BCUT2D eigenvalue weighted by Gasteiger charge is 2.17. The quantitative estimate of drug-likeness (QED) is 0.785. The predicted octanol–water partition coefficient (Wildman–Crippen LogP) is 2.42. The molecule has 14 heavy (non-hydrogen) atoms. The third-order valence-electron chi connectivity index (χ3n) is 1.71. The smallest absolute Gasteiger partial charge is 0.172 e. The molecule has 3 nitrogen and oxygen atoms in total. The highest BCUT2D eigenvalue weighted by Crippen LogP contribution is 2.36. The summed E-state index contributed by atoms with van der Waals surface area (Å²) in [5, 5.41) is 0. The fraction of sp³-hybridized carbons (Fsp3) is 0.222. The molecule has 5 heteroatoms. The van der Waals surface area contributed by atoms with Crippen LogP contribution in [0, 0.1) is 5.82 Å². The minimum Gasteiger partial charge on any atom is -0.493 e. The molecule has 1 aromatic rings. The summed E-state index contributed by atoms with van der Waals surface area (Å²) in [7, 11) is 2.76. The molecule has 0 fully saturated rings. The molecule has 0 radical (unpaired) electrons. The van der Waals surface area contributed by atoms with Crippen LogP contribution in [0.25, 0.3) is 0 Å². The van der Waals surface area contributed by atoms with Crippen molar-refractivity contribution in [2.45, 2.75) is 0 Å². The first-order valence-corrected chi connectivity index (χ1v) is 4.50. The van der Waals surface area contributed by atoms with Gasteiger partial charge in [-0.3, -0.25) is 4.79 Å². The number of aldehydes is 1. The van der Waals surface area contributed by atoms with Gasteiger partial charge in [-0.25, -0.2) is 4.39 Å². The lowest BCUT2D eigenvalue weighted by molar-refractivity contribution is 0.111. The van der Waals surface area contributed by atoms with E-state index in [0.29, 0.717) is 6.29 Å². The van der Waals surface area contributed by atoms with E-state index in [1.54, 1.807) is 0 Å². The van der Waals surface area contributed by atoms with Crippen LogP contribution in [0.2, 0.25) is 0 Å². The number of carbonyl (C=O) groups is 1. The van der Waals surface area contributed by atoms with Crippen molar-refractivity contribution in [3.63, 3.8) is 0 Å². The second-order valence-corrected chi connectivity index (χ2v) is 3.23. The number of rotatable bonds is 3. The van der Waals surface area contributed by atoms with E-state index in [9.17, 15) is 9.18 Å². The van der Waals surface area contributed by atoms with Crippen molar-refractivity contribution in [1.29, 1.82) is 0 Å². The number of methoxy groups -OCH3 is 2. The molecule has 0 aliphatic rings.